The smallest absolute Gasteiger partial charge is 0.416 e. The standard InChI is InChI=1S/C32H27F3N4O6/c1-18-11-12-27(19(2)13-18)43-16-22(17-44-39-30(41)24-9-4-5-10-25(24)31(39)42)36-28(40)26-14-20(3)37-38-29(26)45-23-8-6-7-21(15-23)32(33,34)35/h4-15,22H,16-17H2,1-3H3,(H,36,40)/t22-/m1/s1. The highest BCUT2D eigenvalue weighted by Gasteiger charge is 2.37. The second kappa shape index (κ2) is 12.7. The number of hydrogen-bond acceptors (Lipinski definition) is 8. The Hall–Kier alpha value is -5.30. The molecule has 0 aliphatic carbocycles. The number of halogens is 3. The van der Waals surface area contributed by atoms with E-state index < -0.39 is 35.5 Å². The van der Waals surface area contributed by atoms with Crippen molar-refractivity contribution in [2.45, 2.75) is 33.0 Å². The predicted octanol–water partition coefficient (Wildman–Crippen LogP) is 5.62. The van der Waals surface area contributed by atoms with Gasteiger partial charge in [-0.15, -0.1) is 10.2 Å². The van der Waals surface area contributed by atoms with E-state index >= 15 is 0 Å². The van der Waals surface area contributed by atoms with E-state index in [9.17, 15) is 27.6 Å². The maximum absolute atomic E-state index is 13.6. The van der Waals surface area contributed by atoms with Crippen molar-refractivity contribution in [1.29, 1.82) is 0 Å². The number of alkyl halides is 3. The first-order valence-corrected chi connectivity index (χ1v) is 13.7. The molecule has 0 saturated carbocycles. The molecule has 5 rings (SSSR count). The molecule has 2 heterocycles. The SMILES string of the molecule is Cc1ccc(OC[C@H](CON2C(=O)c3ccccc3C2=O)NC(=O)c2cc(C)nnc2Oc2cccc(C(F)(F)F)c2)c(C)c1. The van der Waals surface area contributed by atoms with E-state index in [1.807, 2.05) is 26.0 Å². The number of imide groups is 1. The maximum atomic E-state index is 13.6. The van der Waals surface area contributed by atoms with Gasteiger partial charge in [-0.3, -0.25) is 19.2 Å². The van der Waals surface area contributed by atoms with E-state index in [0.29, 0.717) is 16.5 Å². The van der Waals surface area contributed by atoms with Gasteiger partial charge in [-0.25, -0.2) is 0 Å². The minimum atomic E-state index is -4.61. The summed E-state index contributed by atoms with van der Waals surface area (Å²) in [6.45, 7) is 4.86. The molecule has 10 nitrogen and oxygen atoms in total. The zero-order valence-corrected chi connectivity index (χ0v) is 24.3. The Bertz CT molecular complexity index is 1740. The summed E-state index contributed by atoms with van der Waals surface area (Å²) in [6, 6.07) is 16.3. The van der Waals surface area contributed by atoms with Crippen molar-refractivity contribution in [1.82, 2.24) is 20.6 Å². The summed E-state index contributed by atoms with van der Waals surface area (Å²) in [5.74, 6) is -2.05. The molecular formula is C32H27F3N4O6. The first kappa shape index (κ1) is 31.1. The van der Waals surface area contributed by atoms with Crippen molar-refractivity contribution >= 4 is 17.7 Å². The van der Waals surface area contributed by atoms with Crippen molar-refractivity contribution in [3.05, 3.63) is 112 Å². The molecular weight excluding hydrogens is 593 g/mol. The number of hydroxylamine groups is 2. The minimum absolute atomic E-state index is 0.128. The van der Waals surface area contributed by atoms with Crippen LogP contribution in [0.4, 0.5) is 13.2 Å². The van der Waals surface area contributed by atoms with Crippen molar-refractivity contribution in [2.75, 3.05) is 13.2 Å². The lowest BCUT2D eigenvalue weighted by Gasteiger charge is -2.22. The third-order valence-corrected chi connectivity index (χ3v) is 6.77. The van der Waals surface area contributed by atoms with E-state index in [1.165, 1.54) is 24.3 Å². The lowest BCUT2D eigenvalue weighted by Crippen LogP contribution is -2.45. The van der Waals surface area contributed by atoms with Gasteiger partial charge in [0.1, 0.15) is 23.7 Å². The topological polar surface area (TPSA) is 120 Å². The summed E-state index contributed by atoms with van der Waals surface area (Å²) in [6.07, 6.45) is -4.61. The summed E-state index contributed by atoms with van der Waals surface area (Å²) in [5, 5.41) is 11.1. The number of ether oxygens (including phenoxy) is 2. The molecule has 4 aromatic rings. The quantitative estimate of drug-likeness (QED) is 0.227. The number of aromatic nitrogens is 2. The van der Waals surface area contributed by atoms with Crippen molar-refractivity contribution in [3.8, 4) is 17.4 Å². The van der Waals surface area contributed by atoms with Crippen LogP contribution >= 0.6 is 0 Å². The number of aryl methyl sites for hydroxylation is 3. The zero-order chi connectivity index (χ0) is 32.3. The first-order chi connectivity index (χ1) is 21.4. The molecule has 0 saturated heterocycles. The highest BCUT2D eigenvalue weighted by molar-refractivity contribution is 6.20. The van der Waals surface area contributed by atoms with Crippen LogP contribution in [0.3, 0.4) is 0 Å². The largest absolute Gasteiger partial charge is 0.491 e. The molecule has 0 fully saturated rings. The van der Waals surface area contributed by atoms with Gasteiger partial charge in [0.2, 0.25) is 0 Å². The van der Waals surface area contributed by atoms with Gasteiger partial charge >= 0.3 is 6.18 Å². The normalized spacial score (nSPS) is 13.4. The van der Waals surface area contributed by atoms with E-state index in [-0.39, 0.29) is 41.5 Å². The number of nitrogens with one attached hydrogen (secondary N) is 1. The average molecular weight is 621 g/mol. The number of fused-ring (bicyclic) bond motifs is 1. The molecule has 3 aromatic carbocycles. The van der Waals surface area contributed by atoms with Crippen LogP contribution in [0.5, 0.6) is 17.4 Å². The van der Waals surface area contributed by atoms with Crippen LogP contribution in [0, 0.1) is 20.8 Å². The lowest BCUT2D eigenvalue weighted by molar-refractivity contribution is -0.137. The van der Waals surface area contributed by atoms with Crippen LogP contribution in [0.15, 0.2) is 72.8 Å². The molecule has 1 aliphatic rings. The van der Waals surface area contributed by atoms with Crippen LogP contribution < -0.4 is 14.8 Å². The molecule has 13 heteroatoms. The molecule has 0 radical (unpaired) electrons. The van der Waals surface area contributed by atoms with Crippen LogP contribution in [0.2, 0.25) is 0 Å². The van der Waals surface area contributed by atoms with Gasteiger partial charge in [-0.1, -0.05) is 35.9 Å². The maximum Gasteiger partial charge on any atom is 0.416 e. The highest BCUT2D eigenvalue weighted by atomic mass is 19.4. The molecule has 3 amide bonds. The van der Waals surface area contributed by atoms with Crippen molar-refractivity contribution in [2.24, 2.45) is 0 Å². The second-order valence-electron chi connectivity index (χ2n) is 10.3. The van der Waals surface area contributed by atoms with E-state index in [1.54, 1.807) is 25.1 Å². The monoisotopic (exact) mass is 620 g/mol. The third kappa shape index (κ3) is 7.10. The lowest BCUT2D eigenvalue weighted by atomic mass is 10.1. The molecule has 45 heavy (non-hydrogen) atoms. The Morgan fingerprint density at radius 3 is 2.27 bits per heavy atom. The summed E-state index contributed by atoms with van der Waals surface area (Å²) in [7, 11) is 0. The molecule has 0 unspecified atom stereocenters. The van der Waals surface area contributed by atoms with E-state index in [0.717, 1.165) is 29.3 Å². The molecule has 1 N–H and O–H groups in total. The van der Waals surface area contributed by atoms with Crippen LogP contribution in [0.25, 0.3) is 0 Å². The molecule has 0 bridgehead atoms. The number of carbonyl (C=O) groups excluding carboxylic acids is 3. The summed E-state index contributed by atoms with van der Waals surface area (Å²) in [4.78, 5) is 44.8. The molecule has 232 valence electrons. The Labute approximate surface area is 255 Å². The van der Waals surface area contributed by atoms with E-state index in [2.05, 4.69) is 15.5 Å². The second-order valence-corrected chi connectivity index (χ2v) is 10.3. The van der Waals surface area contributed by atoms with Gasteiger partial charge in [0.25, 0.3) is 23.6 Å². The Morgan fingerprint density at radius 2 is 1.60 bits per heavy atom. The van der Waals surface area contributed by atoms with Crippen molar-refractivity contribution in [3.63, 3.8) is 0 Å². The van der Waals surface area contributed by atoms with Crippen LogP contribution in [0.1, 0.15) is 53.5 Å². The fourth-order valence-corrected chi connectivity index (χ4v) is 4.56. The molecule has 0 spiro atoms. The van der Waals surface area contributed by atoms with Gasteiger partial charge in [0.05, 0.1) is 35.0 Å². The summed E-state index contributed by atoms with van der Waals surface area (Å²) < 4.78 is 51.3. The zero-order valence-electron chi connectivity index (χ0n) is 24.3. The Morgan fingerprint density at radius 1 is 0.889 bits per heavy atom. The van der Waals surface area contributed by atoms with Gasteiger partial charge in [-0.05, 0) is 68.8 Å². The third-order valence-electron chi connectivity index (χ3n) is 6.77. The Kier molecular flexibility index (Phi) is 8.82. The number of hydrogen-bond donors (Lipinski definition) is 1. The molecule has 1 aliphatic heterocycles. The number of rotatable bonds is 10. The fourth-order valence-electron chi connectivity index (χ4n) is 4.56. The van der Waals surface area contributed by atoms with Crippen LogP contribution in [-0.4, -0.2) is 52.2 Å². The minimum Gasteiger partial charge on any atom is -0.491 e. The Balaban J connectivity index is 1.37. The van der Waals surface area contributed by atoms with Gasteiger partial charge in [0.15, 0.2) is 0 Å². The number of nitrogens with zero attached hydrogens (tertiary/aromatic N) is 3. The number of carbonyl (C=O) groups is 3. The van der Waals surface area contributed by atoms with Gasteiger partial charge < -0.3 is 14.8 Å². The predicted molar refractivity (Wildman–Crippen MR) is 154 cm³/mol. The average Bonchev–Trinajstić information content (AvgIpc) is 3.24. The number of amides is 3. The summed E-state index contributed by atoms with van der Waals surface area (Å²) in [5.41, 5.74) is 1.49. The summed E-state index contributed by atoms with van der Waals surface area (Å²) >= 11 is 0. The van der Waals surface area contributed by atoms with Gasteiger partial charge in [-0.2, -0.15) is 18.3 Å². The van der Waals surface area contributed by atoms with Crippen molar-refractivity contribution < 1.29 is 41.9 Å². The molecule has 1 aromatic heterocycles. The van der Waals surface area contributed by atoms with Gasteiger partial charge in [0, 0.05) is 0 Å². The number of benzene rings is 3. The highest BCUT2D eigenvalue weighted by Crippen LogP contribution is 2.33. The van der Waals surface area contributed by atoms with E-state index in [4.69, 9.17) is 14.3 Å². The van der Waals surface area contributed by atoms with Crippen LogP contribution in [-0.2, 0) is 11.0 Å². The fraction of sp³-hybridized carbons (Fsp3) is 0.219. The molecule has 1 atom stereocenters. The first-order valence-electron chi connectivity index (χ1n) is 13.7.